The molecule has 1 aliphatic heterocycles. The largest absolute Gasteiger partial charge is 0.396 e. The van der Waals surface area contributed by atoms with Crippen molar-refractivity contribution in [3.63, 3.8) is 0 Å². The average molecular weight is 296 g/mol. The molecular formula is C16H28N2O3. The highest BCUT2D eigenvalue weighted by atomic mass is 16.5. The van der Waals surface area contributed by atoms with Crippen molar-refractivity contribution in [2.45, 2.75) is 57.6 Å². The zero-order valence-electron chi connectivity index (χ0n) is 12.9. The zero-order chi connectivity index (χ0) is 14.9. The van der Waals surface area contributed by atoms with Crippen LogP contribution in [0.15, 0.2) is 0 Å². The summed E-state index contributed by atoms with van der Waals surface area (Å²) in [4.78, 5) is 12.2. The summed E-state index contributed by atoms with van der Waals surface area (Å²) in [6.07, 6.45) is 7.11. The highest BCUT2D eigenvalue weighted by Gasteiger charge is 2.65. The highest BCUT2D eigenvalue weighted by molar-refractivity contribution is 5.74. The Labute approximate surface area is 126 Å². The maximum absolute atomic E-state index is 12.2. The minimum absolute atomic E-state index is 0.0542. The molecule has 120 valence electrons. The van der Waals surface area contributed by atoms with Crippen molar-refractivity contribution < 1.29 is 14.6 Å². The third-order valence-electron chi connectivity index (χ3n) is 5.81. The lowest BCUT2D eigenvalue weighted by atomic mass is 9.54. The Balaban J connectivity index is 1.53. The maximum atomic E-state index is 12.2. The Hall–Kier alpha value is -0.810. The molecule has 4 unspecified atom stereocenters. The van der Waals surface area contributed by atoms with Crippen LogP contribution in [0.2, 0.25) is 0 Å². The van der Waals surface area contributed by atoms with Crippen molar-refractivity contribution in [3.8, 4) is 0 Å². The Bertz CT molecular complexity index is 382. The minimum Gasteiger partial charge on any atom is -0.396 e. The van der Waals surface area contributed by atoms with Crippen molar-refractivity contribution in [1.29, 1.82) is 0 Å². The SMILES string of the molecule is CC(CCO)CNC(=O)NC1C2CCOC2C12CCCC2. The van der Waals surface area contributed by atoms with Gasteiger partial charge in [0.05, 0.1) is 6.10 Å². The van der Waals surface area contributed by atoms with Gasteiger partial charge in [0.2, 0.25) is 0 Å². The predicted octanol–water partition coefficient (Wildman–Crippen LogP) is 1.65. The molecule has 4 atom stereocenters. The van der Waals surface area contributed by atoms with Crippen LogP contribution in [0, 0.1) is 17.3 Å². The quantitative estimate of drug-likeness (QED) is 0.722. The van der Waals surface area contributed by atoms with Crippen molar-refractivity contribution in [2.75, 3.05) is 19.8 Å². The smallest absolute Gasteiger partial charge is 0.315 e. The number of aliphatic hydroxyl groups excluding tert-OH is 1. The fraction of sp³-hybridized carbons (Fsp3) is 0.938. The zero-order valence-corrected chi connectivity index (χ0v) is 12.9. The lowest BCUT2D eigenvalue weighted by molar-refractivity contribution is -0.126. The maximum Gasteiger partial charge on any atom is 0.315 e. The van der Waals surface area contributed by atoms with Gasteiger partial charge in [-0.05, 0) is 31.6 Å². The lowest BCUT2D eigenvalue weighted by Gasteiger charge is -2.56. The first kappa shape index (κ1) is 15.1. The molecule has 2 saturated carbocycles. The van der Waals surface area contributed by atoms with Gasteiger partial charge >= 0.3 is 6.03 Å². The van der Waals surface area contributed by atoms with Crippen LogP contribution < -0.4 is 10.6 Å². The van der Waals surface area contributed by atoms with E-state index in [2.05, 4.69) is 10.6 Å². The molecule has 1 saturated heterocycles. The molecule has 0 aromatic carbocycles. The predicted molar refractivity (Wildman–Crippen MR) is 79.9 cm³/mol. The fourth-order valence-corrected chi connectivity index (χ4v) is 4.69. The number of carbonyl (C=O) groups is 1. The molecule has 3 rings (SSSR count). The van der Waals surface area contributed by atoms with E-state index in [-0.39, 0.29) is 18.1 Å². The van der Waals surface area contributed by atoms with E-state index in [1.165, 1.54) is 25.7 Å². The molecule has 21 heavy (non-hydrogen) atoms. The highest BCUT2D eigenvalue weighted by Crippen LogP contribution is 2.60. The summed E-state index contributed by atoms with van der Waals surface area (Å²) in [7, 11) is 0. The van der Waals surface area contributed by atoms with Crippen LogP contribution in [0.25, 0.3) is 0 Å². The van der Waals surface area contributed by atoms with Gasteiger partial charge in [0.25, 0.3) is 0 Å². The molecule has 0 aromatic heterocycles. The van der Waals surface area contributed by atoms with Crippen LogP contribution in [0.4, 0.5) is 4.79 Å². The molecule has 2 aliphatic carbocycles. The monoisotopic (exact) mass is 296 g/mol. The topological polar surface area (TPSA) is 70.6 Å². The van der Waals surface area contributed by atoms with Crippen molar-refractivity contribution in [3.05, 3.63) is 0 Å². The molecular weight excluding hydrogens is 268 g/mol. The van der Waals surface area contributed by atoms with Crippen LogP contribution in [0.1, 0.15) is 45.4 Å². The van der Waals surface area contributed by atoms with Crippen LogP contribution in [-0.2, 0) is 4.74 Å². The first-order chi connectivity index (χ1) is 10.2. The summed E-state index contributed by atoms with van der Waals surface area (Å²) < 4.78 is 5.93. The first-order valence-electron chi connectivity index (χ1n) is 8.44. The van der Waals surface area contributed by atoms with Gasteiger partial charge in [-0.2, -0.15) is 0 Å². The van der Waals surface area contributed by atoms with E-state index in [4.69, 9.17) is 9.84 Å². The van der Waals surface area contributed by atoms with Gasteiger partial charge in [0, 0.05) is 37.1 Å². The van der Waals surface area contributed by atoms with Crippen LogP contribution in [0.5, 0.6) is 0 Å². The van der Waals surface area contributed by atoms with E-state index < -0.39 is 0 Å². The molecule has 3 N–H and O–H groups in total. The number of hydrogen-bond acceptors (Lipinski definition) is 3. The van der Waals surface area contributed by atoms with E-state index in [0.29, 0.717) is 30.5 Å². The number of nitrogens with one attached hydrogen (secondary N) is 2. The third-order valence-corrected chi connectivity index (χ3v) is 5.81. The molecule has 3 fully saturated rings. The lowest BCUT2D eigenvalue weighted by Crippen LogP contribution is -2.69. The molecule has 5 heteroatoms. The van der Waals surface area contributed by atoms with E-state index in [1.54, 1.807) is 0 Å². The van der Waals surface area contributed by atoms with Gasteiger partial charge in [-0.25, -0.2) is 4.79 Å². The van der Waals surface area contributed by atoms with Gasteiger partial charge in [-0.1, -0.05) is 19.8 Å². The van der Waals surface area contributed by atoms with Crippen molar-refractivity contribution in [1.82, 2.24) is 10.6 Å². The summed E-state index contributed by atoms with van der Waals surface area (Å²) in [6.45, 7) is 3.69. The van der Waals surface area contributed by atoms with Crippen molar-refractivity contribution >= 4 is 6.03 Å². The Morgan fingerprint density at radius 3 is 2.90 bits per heavy atom. The van der Waals surface area contributed by atoms with Crippen LogP contribution >= 0.6 is 0 Å². The van der Waals surface area contributed by atoms with Gasteiger partial charge in [-0.15, -0.1) is 0 Å². The second-order valence-corrected chi connectivity index (χ2v) is 7.13. The second kappa shape index (κ2) is 6.13. The van der Waals surface area contributed by atoms with Gasteiger partial charge < -0.3 is 20.5 Å². The van der Waals surface area contributed by atoms with Gasteiger partial charge in [0.1, 0.15) is 0 Å². The molecule has 5 nitrogen and oxygen atoms in total. The van der Waals surface area contributed by atoms with E-state index in [9.17, 15) is 4.79 Å². The molecule has 0 aromatic rings. The number of aliphatic hydroxyl groups is 1. The Morgan fingerprint density at radius 2 is 2.19 bits per heavy atom. The second-order valence-electron chi connectivity index (χ2n) is 7.13. The third kappa shape index (κ3) is 2.66. The standard InChI is InChI=1S/C16H28N2O3/c1-11(4-8-19)10-17-15(20)18-13-12-5-9-21-14(12)16(13)6-2-3-7-16/h11-14,19H,2-10H2,1H3,(H2,17,18,20). The van der Waals surface area contributed by atoms with Crippen LogP contribution in [0.3, 0.4) is 0 Å². The number of amides is 2. The molecule has 0 bridgehead atoms. The fourth-order valence-electron chi connectivity index (χ4n) is 4.69. The van der Waals surface area contributed by atoms with Crippen molar-refractivity contribution in [2.24, 2.45) is 17.3 Å². The summed E-state index contributed by atoms with van der Waals surface area (Å²) >= 11 is 0. The number of carbonyl (C=O) groups excluding carboxylic acids is 1. The molecule has 1 heterocycles. The number of hydrogen-bond donors (Lipinski definition) is 3. The van der Waals surface area contributed by atoms with Crippen LogP contribution in [-0.4, -0.2) is 43.0 Å². The average Bonchev–Trinajstić information content (AvgIpc) is 3.11. The molecule has 1 spiro atoms. The number of rotatable bonds is 5. The number of ether oxygens (including phenoxy) is 1. The minimum atomic E-state index is -0.0542. The molecule has 3 aliphatic rings. The summed E-state index contributed by atoms with van der Waals surface area (Å²) in [5, 5.41) is 15.1. The van der Waals surface area contributed by atoms with E-state index >= 15 is 0 Å². The normalized spacial score (nSPS) is 34.3. The Kier molecular flexibility index (Phi) is 4.41. The number of urea groups is 1. The summed E-state index contributed by atoms with van der Waals surface area (Å²) in [5.74, 6) is 0.828. The van der Waals surface area contributed by atoms with Gasteiger partial charge in [0.15, 0.2) is 0 Å². The molecule has 0 radical (unpaired) electrons. The first-order valence-corrected chi connectivity index (χ1v) is 8.44. The van der Waals surface area contributed by atoms with E-state index in [0.717, 1.165) is 19.4 Å². The van der Waals surface area contributed by atoms with Gasteiger partial charge in [-0.3, -0.25) is 0 Å². The Morgan fingerprint density at radius 1 is 1.43 bits per heavy atom. The molecule has 2 amide bonds. The number of fused-ring (bicyclic) bond motifs is 2. The summed E-state index contributed by atoms with van der Waals surface area (Å²) in [6, 6.07) is 0.238. The van der Waals surface area contributed by atoms with E-state index in [1.807, 2.05) is 6.92 Å². The summed E-state index contributed by atoms with van der Waals surface area (Å²) in [5.41, 5.74) is 0.217.